The van der Waals surface area contributed by atoms with Crippen molar-refractivity contribution >= 4 is 113 Å². The van der Waals surface area contributed by atoms with E-state index in [0.717, 1.165) is 143 Å². The van der Waals surface area contributed by atoms with Gasteiger partial charge in [-0.1, -0.05) is 21.3 Å². The van der Waals surface area contributed by atoms with Crippen LogP contribution in [-0.2, 0) is 167 Å². The lowest BCUT2D eigenvalue weighted by molar-refractivity contribution is -0.242. The molecule has 1 aliphatic heterocycles. The van der Waals surface area contributed by atoms with Crippen LogP contribution in [-0.4, -0.2) is 321 Å². The molecule has 0 aromatic carbocycles. The van der Waals surface area contributed by atoms with Crippen molar-refractivity contribution in [1.29, 1.82) is 0 Å². The van der Waals surface area contributed by atoms with Crippen molar-refractivity contribution in [2.24, 2.45) is 11.1 Å². The van der Waals surface area contributed by atoms with Crippen LogP contribution in [0.5, 0.6) is 0 Å². The van der Waals surface area contributed by atoms with E-state index in [0.29, 0.717) is 0 Å². The maximum Gasteiger partial charge on any atom is 0.305 e. The molecule has 0 aromatic rings. The fraction of sp³-hybridized carbons (Fsp3) is 0.736. The minimum atomic E-state index is -2.43. The fourth-order valence-corrected chi connectivity index (χ4v) is 11.8. The molecule has 0 aromatic heterocycles. The molecule has 1 fully saturated rings. The first-order valence-corrected chi connectivity index (χ1v) is 36.1. The molecule has 0 spiro atoms. The van der Waals surface area contributed by atoms with E-state index in [9.17, 15) is 91.1 Å². The Balaban J connectivity index is 0. The van der Waals surface area contributed by atoms with Gasteiger partial charge in [0.2, 0.25) is 24.6 Å². The molecule has 2 amide bonds. The van der Waals surface area contributed by atoms with Crippen LogP contribution in [0.25, 0.3) is 0 Å². The summed E-state index contributed by atoms with van der Waals surface area (Å²) in [6.07, 6.45) is -25.3. The molecule has 14 unspecified atom stereocenters. The van der Waals surface area contributed by atoms with Gasteiger partial charge < -0.3 is 102 Å². The summed E-state index contributed by atoms with van der Waals surface area (Å²) in [5.41, 5.74) is 4.32. The summed E-state index contributed by atoms with van der Waals surface area (Å²) >= 11 is 0. The number of nitrogens with zero attached hydrogens (tertiary/aromatic N) is 3. The van der Waals surface area contributed by atoms with Gasteiger partial charge in [-0.15, -0.1) is 0 Å². The number of aliphatic carboxylic acids is 2. The molecule has 1 saturated heterocycles. The summed E-state index contributed by atoms with van der Waals surface area (Å²) < 4.78 is 84.8. The van der Waals surface area contributed by atoms with E-state index in [1.54, 1.807) is 0 Å². The lowest BCUT2D eigenvalue weighted by Gasteiger charge is -2.45. The Morgan fingerprint density at radius 1 is 0.405 bits per heavy atom. The monoisotopic (exact) mass is 1670 g/mol. The maximum absolute atomic E-state index is 14.7. The van der Waals surface area contributed by atoms with E-state index in [1.165, 1.54) is 0 Å². The lowest BCUT2D eigenvalue weighted by atomic mass is 9.87. The third-order valence-electron chi connectivity index (χ3n) is 16.5. The molecule has 44 nitrogen and oxygen atoms in total. The lowest BCUT2D eigenvalue weighted by Crippen LogP contribution is -2.61. The summed E-state index contributed by atoms with van der Waals surface area (Å²) in [4.78, 5) is 245. The van der Waals surface area contributed by atoms with Crippen LogP contribution in [0.3, 0.4) is 0 Å². The van der Waals surface area contributed by atoms with Gasteiger partial charge in [0.15, 0.2) is 48.8 Å². The number of likely N-dealkylation sites (N-methyl/N-ethyl adjacent to an activating group) is 1. The zero-order valence-corrected chi connectivity index (χ0v) is 68.5. The molecule has 1 heterocycles. The van der Waals surface area contributed by atoms with Crippen LogP contribution < -0.4 is 21.7 Å². The Morgan fingerprint density at radius 3 is 0.940 bits per heavy atom. The molecule has 7 N–H and O–H groups in total. The Labute approximate surface area is 671 Å². The minimum Gasteiger partial charge on any atom is -0.481 e. The SMILES string of the molecule is C.CC(=O)OCC(OC(C)=O)C(OC(C)=O)C(OC(C)=O)C(OCNCC(CN)(CNC(=O)C(OC(C)=O)C(OC(C)=O)C(OC(C)=O)C(COC(C)=O)OC(C)=O)CNC(=O)C(OC(C)=O)C(OC(C)=O)C(OC(C)=O)C(COC(C)=O)OC(C)=O)OC(C)=O.CCN(CC)C1(C)CN(C(C)CC(=O)O)CCN(C(C)CC(=O)O)C1. The summed E-state index contributed by atoms with van der Waals surface area (Å²) in [5.74, 6) is -21.3. The molecule has 44 heteroatoms. The van der Waals surface area contributed by atoms with Crippen molar-refractivity contribution in [3.8, 4) is 0 Å². The zero-order chi connectivity index (χ0) is 88.5. The van der Waals surface area contributed by atoms with Crippen LogP contribution in [0.1, 0.15) is 159 Å². The predicted molar refractivity (Wildman–Crippen MR) is 393 cm³/mol. The van der Waals surface area contributed by atoms with E-state index in [4.69, 9.17) is 91.7 Å². The zero-order valence-electron chi connectivity index (χ0n) is 68.5. The average Bonchev–Trinajstić information content (AvgIpc) is 1.09. The topological polar surface area (TPSA) is 584 Å². The third kappa shape index (κ3) is 42.3. The molecule has 0 radical (unpaired) electrons. The number of amides is 2. The first kappa shape index (κ1) is 108. The van der Waals surface area contributed by atoms with Crippen molar-refractivity contribution in [2.45, 2.75) is 250 Å². The number of hydrogen-bond donors (Lipinski definition) is 6. The number of carbonyl (C=O) groups excluding carboxylic acids is 17. The first-order valence-electron chi connectivity index (χ1n) is 36.1. The summed E-state index contributed by atoms with van der Waals surface area (Å²) in [6, 6.07) is -0.0794. The van der Waals surface area contributed by atoms with Crippen molar-refractivity contribution < 1.29 is 177 Å². The summed E-state index contributed by atoms with van der Waals surface area (Å²) in [7, 11) is 0. The largest absolute Gasteiger partial charge is 0.481 e. The van der Waals surface area contributed by atoms with Gasteiger partial charge in [-0.25, -0.2) is 0 Å². The Kier molecular flexibility index (Phi) is 49.9. The number of hydrogen-bond acceptors (Lipinski definition) is 40. The van der Waals surface area contributed by atoms with Gasteiger partial charge >= 0.3 is 101 Å². The third-order valence-corrected chi connectivity index (χ3v) is 16.5. The quantitative estimate of drug-likeness (QED) is 0.0177. The molecule has 1 aliphatic rings. The number of carboxylic acids is 2. The normalized spacial score (nSPS) is 17.5. The smallest absolute Gasteiger partial charge is 0.305 e. The predicted octanol–water partition coefficient (Wildman–Crippen LogP) is -1.38. The van der Waals surface area contributed by atoms with Gasteiger partial charge in [0.05, 0.1) is 12.8 Å². The second kappa shape index (κ2) is 53.8. The van der Waals surface area contributed by atoms with E-state index in [2.05, 4.69) is 51.4 Å². The fourth-order valence-electron chi connectivity index (χ4n) is 11.8. The van der Waals surface area contributed by atoms with E-state index in [-0.39, 0.29) is 37.9 Å². The average molecular weight is 1670 g/mol. The molecule has 0 saturated carbocycles. The van der Waals surface area contributed by atoms with Gasteiger partial charge in [0.25, 0.3) is 11.8 Å². The Hall–Kier alpha value is -10.3. The van der Waals surface area contributed by atoms with E-state index in [1.807, 2.05) is 13.8 Å². The Bertz CT molecular complexity index is 3190. The van der Waals surface area contributed by atoms with Crippen LogP contribution in [0, 0.1) is 5.41 Å². The highest BCUT2D eigenvalue weighted by Gasteiger charge is 2.51. The molecular formula is C72H117N7O37. The molecule has 116 heavy (non-hydrogen) atoms. The van der Waals surface area contributed by atoms with Crippen LogP contribution in [0.15, 0.2) is 0 Å². The van der Waals surface area contributed by atoms with Gasteiger partial charge in [-0.3, -0.25) is 111 Å². The van der Waals surface area contributed by atoms with E-state index < -0.39 is 245 Å². The summed E-state index contributed by atoms with van der Waals surface area (Å²) in [5, 5.41) is 25.8. The van der Waals surface area contributed by atoms with Crippen LogP contribution in [0.4, 0.5) is 0 Å². The van der Waals surface area contributed by atoms with Crippen molar-refractivity contribution in [2.75, 3.05) is 92.0 Å². The van der Waals surface area contributed by atoms with Crippen molar-refractivity contribution in [1.82, 2.24) is 30.7 Å². The second-order valence-corrected chi connectivity index (χ2v) is 26.7. The van der Waals surface area contributed by atoms with Gasteiger partial charge in [-0.2, -0.15) is 0 Å². The van der Waals surface area contributed by atoms with Crippen molar-refractivity contribution in [3.05, 3.63) is 0 Å². The number of nitrogens with two attached hydrogens (primary N) is 1. The molecule has 1 rings (SSSR count). The highest BCUT2D eigenvalue weighted by Crippen LogP contribution is 2.28. The van der Waals surface area contributed by atoms with Crippen LogP contribution >= 0.6 is 0 Å². The number of carboxylic acid groups (broad SMARTS) is 2. The van der Waals surface area contributed by atoms with Crippen molar-refractivity contribution in [3.63, 3.8) is 0 Å². The maximum atomic E-state index is 14.7. The number of esters is 15. The van der Waals surface area contributed by atoms with Gasteiger partial charge in [-0.05, 0) is 33.9 Å². The molecule has 14 atom stereocenters. The molecule has 0 aliphatic carbocycles. The number of carbonyl (C=O) groups is 19. The van der Waals surface area contributed by atoms with Crippen LogP contribution in [0.2, 0.25) is 0 Å². The highest BCUT2D eigenvalue weighted by atomic mass is 16.7. The molecular weight excluding hydrogens is 1550 g/mol. The minimum absolute atomic E-state index is 0. The molecule has 662 valence electrons. The second-order valence-electron chi connectivity index (χ2n) is 26.7. The highest BCUT2D eigenvalue weighted by molar-refractivity contribution is 5.86. The summed E-state index contributed by atoms with van der Waals surface area (Å²) in [6.45, 7) is 21.6. The first-order chi connectivity index (χ1) is 53.4. The number of nitrogens with one attached hydrogen (secondary N) is 3. The number of rotatable bonds is 48. The van der Waals surface area contributed by atoms with E-state index >= 15 is 0 Å². The van der Waals surface area contributed by atoms with Gasteiger partial charge in [0, 0.05) is 179 Å². The molecule has 0 bridgehead atoms. The van der Waals surface area contributed by atoms with Gasteiger partial charge in [0.1, 0.15) is 26.6 Å². The standard InChI is InChI=1S/C53H78N4O33.C18H35N3O4.CH4/c1-24(58)75-16-39(79-27(4)61)42(82-30(7)64)45(85-33(10)67)47(87-35(12)69)50(73)56-21-53(19-54,20-55-23-78-52(90-38(15)72)49(89-37(14)71)44(84-32(9)66)41(81-29(6)63)18-77-26(3)60)22-57-51(74)48(88-36(13)70)46(86-34(11)68)43(83-31(8)65)40(80-28(5)62)17-76-25(2)59;1-6-21(7-2)18(5)12-19(14(3)10-16(22)23)8-9-20(13-18)15(4)11-17(24)25;/h39-49,52,55H,16-23,54H2,1-15H3,(H,56,73)(H,57,74);14-15H,6-13H2,1-5H3,(H,22,23)(H,24,25);1H4. The Morgan fingerprint density at radius 2 is 0.681 bits per heavy atom. The number of ether oxygens (including phenoxy) is 16.